The van der Waals surface area contributed by atoms with Crippen LogP contribution in [0, 0.1) is 23.2 Å². The number of carbonyl (C=O) groups is 1. The summed E-state index contributed by atoms with van der Waals surface area (Å²) in [5, 5.41) is 10.5. The minimum Gasteiger partial charge on any atom is -0.490 e. The number of fused-ring (bicyclic) bond motifs is 1. The number of carboxylic acid groups (broad SMARTS) is 1. The number of aromatic nitrogens is 1. The number of benzene rings is 1. The van der Waals surface area contributed by atoms with E-state index >= 15 is 0 Å². The average molecular weight is 451 g/mol. The van der Waals surface area contributed by atoms with Crippen molar-refractivity contribution in [3.63, 3.8) is 0 Å². The summed E-state index contributed by atoms with van der Waals surface area (Å²) in [5.41, 5.74) is 2.59. The SMILES string of the molecule is CC1(C)CCC(Oc2ccc3nc(CN4CC(C5CCCC(C(=O)O)C5)C4)ccc3c2)CC1. The monoisotopic (exact) mass is 450 g/mol. The molecular weight excluding hydrogens is 412 g/mol. The highest BCUT2D eigenvalue weighted by Crippen LogP contribution is 2.39. The molecule has 1 saturated heterocycles. The van der Waals surface area contributed by atoms with Crippen LogP contribution in [0.5, 0.6) is 5.75 Å². The third kappa shape index (κ3) is 5.34. The van der Waals surface area contributed by atoms with Gasteiger partial charge in [0.05, 0.1) is 23.2 Å². The smallest absolute Gasteiger partial charge is 0.306 e. The topological polar surface area (TPSA) is 62.7 Å². The fourth-order valence-electron chi connectivity index (χ4n) is 6.14. The fraction of sp³-hybridized carbons (Fsp3) is 0.643. The van der Waals surface area contributed by atoms with Crippen LogP contribution in [-0.4, -0.2) is 40.2 Å². The van der Waals surface area contributed by atoms with Crippen molar-refractivity contribution in [2.75, 3.05) is 13.1 Å². The summed E-state index contributed by atoms with van der Waals surface area (Å²) in [6.07, 6.45) is 9.04. The van der Waals surface area contributed by atoms with Crippen molar-refractivity contribution in [2.45, 2.75) is 77.9 Å². The normalized spacial score (nSPS) is 26.7. The van der Waals surface area contributed by atoms with Crippen LogP contribution in [-0.2, 0) is 11.3 Å². The number of nitrogens with zero attached hydrogens (tertiary/aromatic N) is 2. The zero-order valence-corrected chi connectivity index (χ0v) is 20.1. The number of pyridine rings is 1. The number of rotatable bonds is 6. The first-order valence-electron chi connectivity index (χ1n) is 12.9. The Labute approximate surface area is 197 Å². The predicted molar refractivity (Wildman–Crippen MR) is 130 cm³/mol. The molecular formula is C28H38N2O3. The number of ether oxygens (including phenoxy) is 1. The molecule has 33 heavy (non-hydrogen) atoms. The summed E-state index contributed by atoms with van der Waals surface area (Å²) in [7, 11) is 0. The van der Waals surface area contributed by atoms with Crippen LogP contribution in [0.3, 0.4) is 0 Å². The van der Waals surface area contributed by atoms with Crippen LogP contribution in [0.25, 0.3) is 10.9 Å². The molecule has 5 rings (SSSR count). The number of carboxylic acids is 1. The molecule has 0 bridgehead atoms. The Hall–Kier alpha value is -2.14. The molecule has 0 amide bonds. The lowest BCUT2D eigenvalue weighted by atomic mass is 9.72. The summed E-state index contributed by atoms with van der Waals surface area (Å²) >= 11 is 0. The van der Waals surface area contributed by atoms with E-state index in [0.29, 0.717) is 23.4 Å². The molecule has 5 heteroatoms. The van der Waals surface area contributed by atoms with Crippen molar-refractivity contribution in [2.24, 2.45) is 23.2 Å². The van der Waals surface area contributed by atoms with E-state index in [-0.39, 0.29) is 5.92 Å². The van der Waals surface area contributed by atoms with Crippen LogP contribution in [0.15, 0.2) is 30.3 Å². The maximum atomic E-state index is 11.4. The molecule has 0 spiro atoms. The first kappa shape index (κ1) is 22.6. The lowest BCUT2D eigenvalue weighted by Gasteiger charge is -2.45. The third-order valence-corrected chi connectivity index (χ3v) is 8.41. The fourth-order valence-corrected chi connectivity index (χ4v) is 6.14. The van der Waals surface area contributed by atoms with E-state index in [0.717, 1.165) is 74.1 Å². The second-order valence-electron chi connectivity index (χ2n) is 11.6. The van der Waals surface area contributed by atoms with Gasteiger partial charge in [-0.2, -0.15) is 0 Å². The molecule has 178 valence electrons. The van der Waals surface area contributed by atoms with Gasteiger partial charge in [-0.05, 0) is 80.0 Å². The van der Waals surface area contributed by atoms with Crippen molar-refractivity contribution in [3.05, 3.63) is 36.0 Å². The quantitative estimate of drug-likeness (QED) is 0.593. The summed E-state index contributed by atoms with van der Waals surface area (Å²) in [6, 6.07) is 10.6. The first-order chi connectivity index (χ1) is 15.8. The zero-order chi connectivity index (χ0) is 23.0. The van der Waals surface area contributed by atoms with Crippen LogP contribution >= 0.6 is 0 Å². The molecule has 5 nitrogen and oxygen atoms in total. The molecule has 3 aliphatic rings. The van der Waals surface area contributed by atoms with Gasteiger partial charge in [0.1, 0.15) is 5.75 Å². The largest absolute Gasteiger partial charge is 0.490 e. The summed E-state index contributed by atoms with van der Waals surface area (Å²) in [5.74, 6) is 1.46. The molecule has 1 N–H and O–H groups in total. The van der Waals surface area contributed by atoms with Gasteiger partial charge >= 0.3 is 5.97 Å². The molecule has 2 saturated carbocycles. The molecule has 2 unspecified atom stereocenters. The standard InChI is InChI=1S/C28H38N2O3/c1-28(2)12-10-24(11-13-28)33-25-8-9-26-20(15-25)6-7-23(29-26)18-30-16-22(17-30)19-4-3-5-21(14-19)27(31)32/h6-9,15,19,21-22,24H,3-5,10-14,16-18H2,1-2H3,(H,31,32). The lowest BCUT2D eigenvalue weighted by molar-refractivity contribution is -0.144. The van der Waals surface area contributed by atoms with Crippen LogP contribution in [0.4, 0.5) is 0 Å². The van der Waals surface area contributed by atoms with Gasteiger partial charge in [0.15, 0.2) is 0 Å². The van der Waals surface area contributed by atoms with Gasteiger partial charge < -0.3 is 9.84 Å². The number of aliphatic carboxylic acids is 1. The Kier molecular flexibility index (Phi) is 6.34. The molecule has 3 fully saturated rings. The Bertz CT molecular complexity index is 988. The molecule has 2 heterocycles. The minimum absolute atomic E-state index is 0.126. The van der Waals surface area contributed by atoms with Crippen molar-refractivity contribution >= 4 is 16.9 Å². The van der Waals surface area contributed by atoms with Gasteiger partial charge in [-0.15, -0.1) is 0 Å². The summed E-state index contributed by atoms with van der Waals surface area (Å²) < 4.78 is 6.30. The van der Waals surface area contributed by atoms with Gasteiger partial charge in [0, 0.05) is 25.0 Å². The number of likely N-dealkylation sites (tertiary alicyclic amines) is 1. The van der Waals surface area contributed by atoms with E-state index in [1.54, 1.807) is 0 Å². The van der Waals surface area contributed by atoms with E-state index in [4.69, 9.17) is 9.72 Å². The molecule has 2 atom stereocenters. The van der Waals surface area contributed by atoms with E-state index in [1.807, 2.05) is 0 Å². The maximum absolute atomic E-state index is 11.4. The van der Waals surface area contributed by atoms with E-state index < -0.39 is 5.97 Å². The Morgan fingerprint density at radius 1 is 1.09 bits per heavy atom. The second-order valence-corrected chi connectivity index (χ2v) is 11.6. The molecule has 1 aliphatic heterocycles. The van der Waals surface area contributed by atoms with E-state index in [1.165, 1.54) is 19.3 Å². The second kappa shape index (κ2) is 9.25. The van der Waals surface area contributed by atoms with Gasteiger partial charge in [-0.3, -0.25) is 14.7 Å². The van der Waals surface area contributed by atoms with Gasteiger partial charge in [-0.25, -0.2) is 0 Å². The Morgan fingerprint density at radius 2 is 1.88 bits per heavy atom. The van der Waals surface area contributed by atoms with Gasteiger partial charge in [0.2, 0.25) is 0 Å². The Balaban J connectivity index is 1.14. The highest BCUT2D eigenvalue weighted by Gasteiger charge is 2.37. The van der Waals surface area contributed by atoms with Gasteiger partial charge in [-0.1, -0.05) is 32.8 Å². The molecule has 0 radical (unpaired) electrons. The lowest BCUT2D eigenvalue weighted by Crippen LogP contribution is -2.50. The predicted octanol–water partition coefficient (Wildman–Crippen LogP) is 5.91. The first-order valence-corrected chi connectivity index (χ1v) is 12.9. The highest BCUT2D eigenvalue weighted by molar-refractivity contribution is 5.80. The van der Waals surface area contributed by atoms with Gasteiger partial charge in [0.25, 0.3) is 0 Å². The Morgan fingerprint density at radius 3 is 2.64 bits per heavy atom. The molecule has 1 aromatic heterocycles. The van der Waals surface area contributed by atoms with Crippen LogP contribution in [0.1, 0.15) is 70.9 Å². The zero-order valence-electron chi connectivity index (χ0n) is 20.1. The maximum Gasteiger partial charge on any atom is 0.306 e. The summed E-state index contributed by atoms with van der Waals surface area (Å²) in [6.45, 7) is 7.72. The van der Waals surface area contributed by atoms with Crippen molar-refractivity contribution in [1.82, 2.24) is 9.88 Å². The summed E-state index contributed by atoms with van der Waals surface area (Å²) in [4.78, 5) is 18.7. The van der Waals surface area contributed by atoms with Crippen molar-refractivity contribution in [1.29, 1.82) is 0 Å². The third-order valence-electron chi connectivity index (χ3n) is 8.41. The van der Waals surface area contributed by atoms with Crippen LogP contribution < -0.4 is 4.74 Å². The van der Waals surface area contributed by atoms with E-state index in [2.05, 4.69) is 49.1 Å². The number of hydrogen-bond acceptors (Lipinski definition) is 4. The van der Waals surface area contributed by atoms with Crippen molar-refractivity contribution < 1.29 is 14.6 Å². The highest BCUT2D eigenvalue weighted by atomic mass is 16.5. The molecule has 2 aliphatic carbocycles. The van der Waals surface area contributed by atoms with E-state index in [9.17, 15) is 9.90 Å². The molecule has 1 aromatic carbocycles. The number of hydrogen-bond donors (Lipinski definition) is 1. The minimum atomic E-state index is -0.604. The van der Waals surface area contributed by atoms with Crippen LogP contribution in [0.2, 0.25) is 0 Å². The average Bonchev–Trinajstić information content (AvgIpc) is 2.77. The molecule has 2 aromatic rings. The van der Waals surface area contributed by atoms with Crippen molar-refractivity contribution in [3.8, 4) is 5.75 Å².